The fourth-order valence-corrected chi connectivity index (χ4v) is 2.56. The summed E-state index contributed by atoms with van der Waals surface area (Å²) in [6.07, 6.45) is 0. The first-order valence-corrected chi connectivity index (χ1v) is 7.68. The van der Waals surface area contributed by atoms with Crippen LogP contribution in [-0.2, 0) is 5.33 Å². The molecule has 0 aliphatic rings. The van der Waals surface area contributed by atoms with E-state index in [1.807, 2.05) is 43.3 Å². The van der Waals surface area contributed by atoms with E-state index in [1.165, 1.54) is 0 Å². The summed E-state index contributed by atoms with van der Waals surface area (Å²) in [7, 11) is 0. The molecule has 0 atom stereocenters. The van der Waals surface area contributed by atoms with Crippen LogP contribution in [0.3, 0.4) is 0 Å². The molecule has 18 heavy (non-hydrogen) atoms. The summed E-state index contributed by atoms with van der Waals surface area (Å²) in [6.45, 7) is 2.00. The second-order valence-electron chi connectivity index (χ2n) is 3.90. The number of benzene rings is 2. The molecule has 0 N–H and O–H groups in total. The zero-order valence-corrected chi connectivity index (χ0v) is 13.6. The lowest BCUT2D eigenvalue weighted by atomic mass is 10.2. The van der Waals surface area contributed by atoms with Gasteiger partial charge < -0.3 is 4.74 Å². The Kier molecular flexibility index (Phi) is 4.71. The van der Waals surface area contributed by atoms with Crippen LogP contribution < -0.4 is 4.74 Å². The van der Waals surface area contributed by atoms with E-state index < -0.39 is 0 Å². The van der Waals surface area contributed by atoms with Gasteiger partial charge in [0.1, 0.15) is 11.5 Å². The molecule has 1 nitrogen and oxygen atoms in total. The number of hydrogen-bond donors (Lipinski definition) is 0. The van der Waals surface area contributed by atoms with E-state index in [1.54, 1.807) is 0 Å². The Hall–Kier alpha value is -0.510. The van der Waals surface area contributed by atoms with Crippen molar-refractivity contribution in [1.82, 2.24) is 0 Å². The Bertz CT molecular complexity index is 570. The lowest BCUT2D eigenvalue weighted by molar-refractivity contribution is 0.475. The molecule has 0 bridgehead atoms. The van der Waals surface area contributed by atoms with Crippen LogP contribution in [0.15, 0.2) is 40.9 Å². The molecule has 0 aliphatic carbocycles. The maximum atomic E-state index is 5.99. The molecular formula is C14H11Br2ClO. The minimum Gasteiger partial charge on any atom is -0.457 e. The molecular weight excluding hydrogens is 379 g/mol. The summed E-state index contributed by atoms with van der Waals surface area (Å²) in [6, 6.07) is 11.6. The standard InChI is InChI=1S/C14H11Br2ClO/c1-9-2-4-12(17)7-14(9)18-13-5-3-11(16)6-10(13)8-15/h2-7H,8H2,1H3. The molecule has 0 aromatic heterocycles. The van der Waals surface area contributed by atoms with Crippen LogP contribution in [0.4, 0.5) is 0 Å². The minimum absolute atomic E-state index is 0.674. The normalized spacial score (nSPS) is 10.4. The van der Waals surface area contributed by atoms with E-state index in [0.29, 0.717) is 5.02 Å². The average molecular weight is 391 g/mol. The average Bonchev–Trinajstić information content (AvgIpc) is 2.36. The van der Waals surface area contributed by atoms with Gasteiger partial charge in [0.15, 0.2) is 0 Å². The first-order chi connectivity index (χ1) is 8.60. The second-order valence-corrected chi connectivity index (χ2v) is 5.81. The first kappa shape index (κ1) is 13.9. The molecule has 0 amide bonds. The van der Waals surface area contributed by atoms with E-state index in [0.717, 1.165) is 32.4 Å². The summed E-state index contributed by atoms with van der Waals surface area (Å²) < 4.78 is 6.97. The van der Waals surface area contributed by atoms with Gasteiger partial charge in [0.05, 0.1) is 0 Å². The van der Waals surface area contributed by atoms with Gasteiger partial charge in [-0.15, -0.1) is 0 Å². The summed E-state index contributed by atoms with van der Waals surface area (Å²) in [4.78, 5) is 0. The number of ether oxygens (including phenoxy) is 1. The van der Waals surface area contributed by atoms with Gasteiger partial charge in [0.2, 0.25) is 0 Å². The quantitative estimate of drug-likeness (QED) is 0.576. The summed E-state index contributed by atoms with van der Waals surface area (Å²) >= 11 is 12.9. The highest BCUT2D eigenvalue weighted by atomic mass is 79.9. The number of rotatable bonds is 3. The molecule has 0 radical (unpaired) electrons. The molecule has 0 aliphatic heterocycles. The van der Waals surface area contributed by atoms with Crippen LogP contribution in [0.25, 0.3) is 0 Å². The smallest absolute Gasteiger partial charge is 0.131 e. The van der Waals surface area contributed by atoms with Crippen LogP contribution in [0.5, 0.6) is 11.5 Å². The Labute approximate surface area is 128 Å². The molecule has 0 saturated heterocycles. The summed E-state index contributed by atoms with van der Waals surface area (Å²) in [5, 5.41) is 1.41. The molecule has 0 heterocycles. The van der Waals surface area contributed by atoms with Crippen molar-refractivity contribution in [2.45, 2.75) is 12.3 Å². The summed E-state index contributed by atoms with van der Waals surface area (Å²) in [5.74, 6) is 1.62. The third kappa shape index (κ3) is 3.28. The highest BCUT2D eigenvalue weighted by molar-refractivity contribution is 9.10. The highest BCUT2D eigenvalue weighted by Gasteiger charge is 2.07. The van der Waals surface area contributed by atoms with E-state index in [4.69, 9.17) is 16.3 Å². The van der Waals surface area contributed by atoms with Crippen LogP contribution in [-0.4, -0.2) is 0 Å². The predicted molar refractivity (Wildman–Crippen MR) is 83.0 cm³/mol. The van der Waals surface area contributed by atoms with Gasteiger partial charge in [-0.2, -0.15) is 0 Å². The second kappa shape index (κ2) is 6.09. The summed E-state index contributed by atoms with van der Waals surface area (Å²) in [5.41, 5.74) is 2.14. The van der Waals surface area contributed by atoms with Crippen molar-refractivity contribution in [3.8, 4) is 11.5 Å². The molecule has 94 valence electrons. The molecule has 2 aromatic carbocycles. The van der Waals surface area contributed by atoms with Gasteiger partial charge >= 0.3 is 0 Å². The van der Waals surface area contributed by atoms with Crippen molar-refractivity contribution in [3.63, 3.8) is 0 Å². The lowest BCUT2D eigenvalue weighted by Crippen LogP contribution is -1.91. The van der Waals surface area contributed by atoms with E-state index in [2.05, 4.69) is 31.9 Å². The van der Waals surface area contributed by atoms with E-state index in [-0.39, 0.29) is 0 Å². The number of hydrogen-bond acceptors (Lipinski definition) is 1. The predicted octanol–water partition coefficient (Wildman–Crippen LogP) is 6.10. The minimum atomic E-state index is 0.674. The van der Waals surface area contributed by atoms with Crippen molar-refractivity contribution in [1.29, 1.82) is 0 Å². The van der Waals surface area contributed by atoms with Crippen LogP contribution >= 0.6 is 43.5 Å². The van der Waals surface area contributed by atoms with Gasteiger partial charge in [-0.3, -0.25) is 0 Å². The Balaban J connectivity index is 2.36. The largest absolute Gasteiger partial charge is 0.457 e. The molecule has 2 aromatic rings. The van der Waals surface area contributed by atoms with Crippen molar-refractivity contribution in [3.05, 3.63) is 57.0 Å². The first-order valence-electron chi connectivity index (χ1n) is 5.38. The molecule has 2 rings (SSSR count). The highest BCUT2D eigenvalue weighted by Crippen LogP contribution is 2.32. The molecule has 4 heteroatoms. The van der Waals surface area contributed by atoms with Crippen LogP contribution in [0.1, 0.15) is 11.1 Å². The number of halogens is 3. The maximum Gasteiger partial charge on any atom is 0.131 e. The zero-order valence-electron chi connectivity index (χ0n) is 9.71. The lowest BCUT2D eigenvalue weighted by Gasteiger charge is -2.12. The van der Waals surface area contributed by atoms with Gasteiger partial charge in [-0.1, -0.05) is 49.5 Å². The molecule has 0 unspecified atom stereocenters. The van der Waals surface area contributed by atoms with Crippen molar-refractivity contribution >= 4 is 43.5 Å². The van der Waals surface area contributed by atoms with Crippen molar-refractivity contribution in [2.75, 3.05) is 0 Å². The number of aryl methyl sites for hydroxylation is 1. The fourth-order valence-electron chi connectivity index (χ4n) is 1.55. The fraction of sp³-hybridized carbons (Fsp3) is 0.143. The van der Waals surface area contributed by atoms with Gasteiger partial charge in [0, 0.05) is 20.4 Å². The van der Waals surface area contributed by atoms with Gasteiger partial charge in [0.25, 0.3) is 0 Å². The maximum absolute atomic E-state index is 5.99. The third-order valence-corrected chi connectivity index (χ3v) is 3.87. The van der Waals surface area contributed by atoms with Gasteiger partial charge in [-0.25, -0.2) is 0 Å². The SMILES string of the molecule is Cc1ccc(Cl)cc1Oc1ccc(Br)cc1CBr. The van der Waals surface area contributed by atoms with E-state index >= 15 is 0 Å². The van der Waals surface area contributed by atoms with Crippen LogP contribution in [0, 0.1) is 6.92 Å². The van der Waals surface area contributed by atoms with Crippen LogP contribution in [0.2, 0.25) is 5.02 Å². The van der Waals surface area contributed by atoms with Crippen molar-refractivity contribution in [2.24, 2.45) is 0 Å². The zero-order chi connectivity index (χ0) is 13.1. The topological polar surface area (TPSA) is 9.23 Å². The van der Waals surface area contributed by atoms with Crippen molar-refractivity contribution < 1.29 is 4.74 Å². The third-order valence-electron chi connectivity index (χ3n) is 2.54. The van der Waals surface area contributed by atoms with E-state index in [9.17, 15) is 0 Å². The monoisotopic (exact) mass is 388 g/mol. The van der Waals surface area contributed by atoms with Gasteiger partial charge in [-0.05, 0) is 42.8 Å². The molecule has 0 fully saturated rings. The molecule has 0 spiro atoms. The Morgan fingerprint density at radius 3 is 2.61 bits per heavy atom. The number of alkyl halides is 1. The molecule has 0 saturated carbocycles. The Morgan fingerprint density at radius 2 is 1.89 bits per heavy atom. The Morgan fingerprint density at radius 1 is 1.11 bits per heavy atom.